The van der Waals surface area contributed by atoms with Gasteiger partial charge in [-0.2, -0.15) is 0 Å². The molecule has 2 aromatic rings. The molecule has 2 saturated heterocycles. The van der Waals surface area contributed by atoms with Crippen LogP contribution >= 0.6 is 0 Å². The van der Waals surface area contributed by atoms with E-state index in [0.717, 1.165) is 11.1 Å². The first-order valence-electron chi connectivity index (χ1n) is 10.1. The first kappa shape index (κ1) is 20.2. The lowest BCUT2D eigenvalue weighted by Gasteiger charge is -2.28. The molecule has 2 fully saturated rings. The molecule has 2 aliphatic heterocycles. The Labute approximate surface area is 176 Å². The van der Waals surface area contributed by atoms with Crippen LogP contribution in [0.25, 0.3) is 0 Å². The van der Waals surface area contributed by atoms with E-state index in [-0.39, 0.29) is 17.9 Å². The second kappa shape index (κ2) is 7.99. The quantitative estimate of drug-likeness (QED) is 0.741. The molecule has 0 saturated carbocycles. The minimum absolute atomic E-state index is 0.167. The molecule has 0 aliphatic carbocycles. The van der Waals surface area contributed by atoms with Crippen LogP contribution in [0.3, 0.4) is 0 Å². The highest BCUT2D eigenvalue weighted by atomic mass is 16.5. The van der Waals surface area contributed by atoms with Gasteiger partial charge in [0.05, 0.1) is 14.2 Å². The van der Waals surface area contributed by atoms with E-state index in [2.05, 4.69) is 10.2 Å². The topological polar surface area (TPSA) is 71.1 Å². The van der Waals surface area contributed by atoms with Gasteiger partial charge in [-0.15, -0.1) is 0 Å². The fourth-order valence-corrected chi connectivity index (χ4v) is 4.57. The summed E-state index contributed by atoms with van der Waals surface area (Å²) >= 11 is 0. The Morgan fingerprint density at radius 3 is 2.37 bits per heavy atom. The van der Waals surface area contributed by atoms with E-state index >= 15 is 0 Å². The molecule has 4 rings (SSSR count). The Morgan fingerprint density at radius 2 is 1.73 bits per heavy atom. The van der Waals surface area contributed by atoms with Crippen molar-refractivity contribution in [1.29, 1.82) is 0 Å². The zero-order valence-corrected chi connectivity index (χ0v) is 17.6. The second-order valence-electron chi connectivity index (χ2n) is 7.99. The van der Waals surface area contributed by atoms with E-state index in [1.807, 2.05) is 49.5 Å². The zero-order chi connectivity index (χ0) is 21.3. The molecular formula is C23H27N3O4. The number of carbonyl (C=O) groups is 2. The summed E-state index contributed by atoms with van der Waals surface area (Å²) in [5.41, 5.74) is 1.02. The van der Waals surface area contributed by atoms with E-state index in [1.54, 1.807) is 20.3 Å². The number of methoxy groups -OCH3 is 2. The van der Waals surface area contributed by atoms with Crippen LogP contribution < -0.4 is 14.8 Å². The lowest BCUT2D eigenvalue weighted by atomic mass is 9.81. The predicted octanol–water partition coefficient (Wildman–Crippen LogP) is 2.27. The second-order valence-corrected chi connectivity index (χ2v) is 7.99. The van der Waals surface area contributed by atoms with Crippen LogP contribution in [0.1, 0.15) is 17.0 Å². The van der Waals surface area contributed by atoms with Crippen molar-refractivity contribution in [2.45, 2.75) is 17.9 Å². The summed E-state index contributed by atoms with van der Waals surface area (Å²) in [6.45, 7) is 1.47. The summed E-state index contributed by atoms with van der Waals surface area (Å²) in [6.07, 6.45) is 0.629. The normalized spacial score (nSPS) is 23.8. The van der Waals surface area contributed by atoms with Crippen molar-refractivity contribution in [3.05, 3.63) is 59.7 Å². The Hall–Kier alpha value is -3.06. The monoisotopic (exact) mass is 409 g/mol. The van der Waals surface area contributed by atoms with Crippen molar-refractivity contribution < 1.29 is 19.1 Å². The van der Waals surface area contributed by atoms with Crippen molar-refractivity contribution in [2.24, 2.45) is 0 Å². The van der Waals surface area contributed by atoms with Crippen molar-refractivity contribution in [3.8, 4) is 11.5 Å². The number of rotatable bonds is 6. The molecule has 1 spiro atoms. The highest BCUT2D eigenvalue weighted by Crippen LogP contribution is 2.41. The van der Waals surface area contributed by atoms with Crippen LogP contribution in [-0.2, 0) is 11.2 Å². The number of amides is 3. The molecule has 2 atom stereocenters. The summed E-state index contributed by atoms with van der Waals surface area (Å²) in [5, 5.41) is 3.03. The minimum Gasteiger partial charge on any atom is -0.497 e. The molecule has 158 valence electrons. The number of urea groups is 1. The first-order valence-corrected chi connectivity index (χ1v) is 10.1. The summed E-state index contributed by atoms with van der Waals surface area (Å²) in [5.74, 6) is 0.947. The number of benzene rings is 2. The molecule has 0 unspecified atom stereocenters. The van der Waals surface area contributed by atoms with Gasteiger partial charge in [-0.3, -0.25) is 9.69 Å². The average molecular weight is 409 g/mol. The Bertz CT molecular complexity index is 926. The molecule has 7 heteroatoms. The summed E-state index contributed by atoms with van der Waals surface area (Å²) < 4.78 is 10.8. The minimum atomic E-state index is -0.986. The molecule has 0 bridgehead atoms. The summed E-state index contributed by atoms with van der Waals surface area (Å²) in [4.78, 5) is 29.8. The lowest BCUT2D eigenvalue weighted by Crippen LogP contribution is -2.52. The van der Waals surface area contributed by atoms with Crippen LogP contribution in [0.5, 0.6) is 11.5 Å². The number of hydrogen-bond donors (Lipinski definition) is 1. The van der Waals surface area contributed by atoms with E-state index in [1.165, 1.54) is 4.90 Å². The van der Waals surface area contributed by atoms with Gasteiger partial charge in [0.25, 0.3) is 5.91 Å². The Kier molecular flexibility index (Phi) is 5.39. The van der Waals surface area contributed by atoms with Gasteiger partial charge in [-0.1, -0.05) is 30.3 Å². The number of nitrogens with zero attached hydrogens (tertiary/aromatic N) is 2. The molecule has 30 heavy (non-hydrogen) atoms. The third-order valence-corrected chi connectivity index (χ3v) is 6.05. The smallest absolute Gasteiger partial charge is 0.325 e. The predicted molar refractivity (Wildman–Crippen MR) is 113 cm³/mol. The van der Waals surface area contributed by atoms with Crippen LogP contribution in [-0.4, -0.2) is 68.2 Å². The van der Waals surface area contributed by atoms with Crippen LogP contribution in [0.15, 0.2) is 48.5 Å². The Balaban J connectivity index is 1.63. The number of ether oxygens (including phenoxy) is 2. The highest BCUT2D eigenvalue weighted by molar-refractivity contribution is 6.08. The summed E-state index contributed by atoms with van der Waals surface area (Å²) in [7, 11) is 5.16. The summed E-state index contributed by atoms with van der Waals surface area (Å²) in [6, 6.07) is 15.2. The molecule has 2 aromatic carbocycles. The number of likely N-dealkylation sites (N-methyl/N-ethyl adjacent to an activating group) is 1. The molecule has 2 heterocycles. The van der Waals surface area contributed by atoms with Gasteiger partial charge in [-0.05, 0) is 36.7 Å². The third kappa shape index (κ3) is 3.50. The molecule has 1 N–H and O–H groups in total. The standard InChI is InChI=1S/C23H27N3O4/c1-25-14-20(17-11-18(29-2)13-19(12-17)30-3)23(15-25)21(27)26(22(28)24-23)10-9-16-7-5-4-6-8-16/h4-8,11-13,20H,9-10,14-15H2,1-3H3,(H,24,28)/t20-,23-/m0/s1. The number of hydrogen-bond acceptors (Lipinski definition) is 5. The number of carbonyl (C=O) groups excluding carboxylic acids is 2. The number of nitrogens with one attached hydrogen (secondary N) is 1. The SMILES string of the molecule is COc1cc(OC)cc([C@@H]2CN(C)C[C@]23NC(=O)N(CCc2ccccc2)C3=O)c1. The molecule has 0 radical (unpaired) electrons. The van der Waals surface area contributed by atoms with Gasteiger partial charge in [-0.25, -0.2) is 4.79 Å². The Morgan fingerprint density at radius 1 is 1.07 bits per heavy atom. The molecule has 7 nitrogen and oxygen atoms in total. The maximum Gasteiger partial charge on any atom is 0.325 e. The van der Waals surface area contributed by atoms with Crippen molar-refractivity contribution in [3.63, 3.8) is 0 Å². The average Bonchev–Trinajstić information content (AvgIpc) is 3.22. The molecule has 3 amide bonds. The van der Waals surface area contributed by atoms with Gasteiger partial charge in [0.2, 0.25) is 0 Å². The van der Waals surface area contributed by atoms with Gasteiger partial charge in [0.15, 0.2) is 0 Å². The van der Waals surface area contributed by atoms with E-state index in [0.29, 0.717) is 37.6 Å². The zero-order valence-electron chi connectivity index (χ0n) is 17.6. The molecule has 0 aromatic heterocycles. The largest absolute Gasteiger partial charge is 0.497 e. The van der Waals surface area contributed by atoms with E-state index < -0.39 is 5.54 Å². The number of likely N-dealkylation sites (tertiary alicyclic amines) is 1. The first-order chi connectivity index (χ1) is 14.5. The fourth-order valence-electron chi connectivity index (χ4n) is 4.57. The van der Waals surface area contributed by atoms with Crippen molar-refractivity contribution in [2.75, 3.05) is 40.9 Å². The highest BCUT2D eigenvalue weighted by Gasteiger charge is 2.59. The maximum atomic E-state index is 13.6. The van der Waals surface area contributed by atoms with Gasteiger partial charge >= 0.3 is 6.03 Å². The third-order valence-electron chi connectivity index (χ3n) is 6.05. The fraction of sp³-hybridized carbons (Fsp3) is 0.391. The van der Waals surface area contributed by atoms with E-state index in [4.69, 9.17) is 9.47 Å². The van der Waals surface area contributed by atoms with E-state index in [9.17, 15) is 9.59 Å². The lowest BCUT2D eigenvalue weighted by molar-refractivity contribution is -0.131. The molecule has 2 aliphatic rings. The van der Waals surface area contributed by atoms with Gasteiger partial charge in [0.1, 0.15) is 17.0 Å². The number of imide groups is 1. The maximum absolute atomic E-state index is 13.6. The van der Waals surface area contributed by atoms with Crippen LogP contribution in [0.2, 0.25) is 0 Å². The van der Waals surface area contributed by atoms with Crippen LogP contribution in [0.4, 0.5) is 4.79 Å². The van der Waals surface area contributed by atoms with Gasteiger partial charge in [0, 0.05) is 31.6 Å². The van der Waals surface area contributed by atoms with Crippen molar-refractivity contribution in [1.82, 2.24) is 15.1 Å². The molecular weight excluding hydrogens is 382 g/mol. The van der Waals surface area contributed by atoms with Crippen molar-refractivity contribution >= 4 is 11.9 Å². The van der Waals surface area contributed by atoms with Gasteiger partial charge < -0.3 is 19.7 Å². The van der Waals surface area contributed by atoms with Crippen LogP contribution in [0, 0.1) is 0 Å².